The van der Waals surface area contributed by atoms with Crippen LogP contribution in [0.1, 0.15) is 49.7 Å². The van der Waals surface area contributed by atoms with Gasteiger partial charge in [0.05, 0.1) is 0 Å². The van der Waals surface area contributed by atoms with Gasteiger partial charge < -0.3 is 36.8 Å². The van der Waals surface area contributed by atoms with E-state index in [1.807, 2.05) is 0 Å². The molecule has 4 amide bonds. The van der Waals surface area contributed by atoms with Crippen LogP contribution >= 0.6 is 0 Å². The number of nitrogen functional groups attached to an aromatic ring is 1. The average Bonchev–Trinajstić information content (AvgIpc) is 3.44. The maximum absolute atomic E-state index is 12.7. The van der Waals surface area contributed by atoms with E-state index in [0.717, 1.165) is 43.5 Å². The molecule has 6 N–H and O–H groups in total. The molecule has 2 saturated heterocycles. The molecule has 0 unspecified atom stereocenters. The fourth-order valence-corrected chi connectivity index (χ4v) is 5.66. The summed E-state index contributed by atoms with van der Waals surface area (Å²) in [5.41, 5.74) is 8.50. The number of carbonyl (C=O) groups is 2. The molecular weight excluding hydrogens is 520 g/mol. The molecule has 41 heavy (non-hydrogen) atoms. The first-order valence-electron chi connectivity index (χ1n) is 15.0. The van der Waals surface area contributed by atoms with Crippen LogP contribution in [0.5, 0.6) is 0 Å². The lowest BCUT2D eigenvalue weighted by atomic mass is 9.95. The van der Waals surface area contributed by atoms with Crippen molar-refractivity contribution in [1.29, 1.82) is 0 Å². The number of imide groups is 1. The van der Waals surface area contributed by atoms with E-state index in [2.05, 4.69) is 60.4 Å². The Morgan fingerprint density at radius 1 is 0.951 bits per heavy atom. The predicted octanol–water partition coefficient (Wildman–Crippen LogP) is 2.34. The fourth-order valence-electron chi connectivity index (χ4n) is 5.66. The number of nitrogens with one attached hydrogen (secondary N) is 4. The highest BCUT2D eigenvalue weighted by Gasteiger charge is 2.32. The summed E-state index contributed by atoms with van der Waals surface area (Å²) in [7, 11) is 0. The number of nitrogens with two attached hydrogens (primary N) is 1. The van der Waals surface area contributed by atoms with Crippen molar-refractivity contribution in [3.05, 3.63) is 41.5 Å². The van der Waals surface area contributed by atoms with Crippen molar-refractivity contribution < 1.29 is 9.59 Å². The normalized spacial score (nSPS) is 18.0. The minimum Gasteiger partial charge on any atom is -0.383 e. The first-order valence-corrected chi connectivity index (χ1v) is 15.0. The van der Waals surface area contributed by atoms with Gasteiger partial charge in [-0.2, -0.15) is 9.97 Å². The summed E-state index contributed by atoms with van der Waals surface area (Å²) >= 11 is 0. The molecule has 0 spiro atoms. The number of amides is 4. The van der Waals surface area contributed by atoms with Gasteiger partial charge in [-0.15, -0.1) is 0 Å². The Morgan fingerprint density at radius 3 is 2.39 bits per heavy atom. The molecular formula is C29H44N10O2. The van der Waals surface area contributed by atoms with Crippen LogP contribution < -0.4 is 31.9 Å². The zero-order chi connectivity index (χ0) is 28.4. The summed E-state index contributed by atoms with van der Waals surface area (Å²) in [6.45, 7) is 6.68. The fraction of sp³-hybridized carbons (Fsp3) is 0.586. The van der Waals surface area contributed by atoms with Gasteiger partial charge in [0.15, 0.2) is 0 Å². The number of nitrogens with zero attached hydrogens (tertiary/aromatic N) is 5. The van der Waals surface area contributed by atoms with Crippen molar-refractivity contribution in [2.45, 2.75) is 57.7 Å². The molecule has 2 aromatic rings. The second kappa shape index (κ2) is 14.3. The zero-order valence-electron chi connectivity index (χ0n) is 23.9. The van der Waals surface area contributed by atoms with Crippen LogP contribution in [0, 0.1) is 0 Å². The van der Waals surface area contributed by atoms with Gasteiger partial charge in [-0.1, -0.05) is 43.5 Å². The lowest BCUT2D eigenvalue weighted by Crippen LogP contribution is -2.53. The monoisotopic (exact) mass is 564 g/mol. The van der Waals surface area contributed by atoms with E-state index in [1.54, 1.807) is 11.0 Å². The van der Waals surface area contributed by atoms with Crippen molar-refractivity contribution >= 4 is 29.6 Å². The summed E-state index contributed by atoms with van der Waals surface area (Å²) in [6.07, 6.45) is 7.96. The van der Waals surface area contributed by atoms with Gasteiger partial charge >= 0.3 is 12.1 Å². The highest BCUT2D eigenvalue weighted by Crippen LogP contribution is 2.20. The number of aromatic nitrogens is 2. The Kier molecular flexibility index (Phi) is 10.1. The molecule has 1 aliphatic carbocycles. The maximum atomic E-state index is 12.7. The Labute approximate surface area is 242 Å². The molecule has 0 atom stereocenters. The molecule has 1 aromatic carbocycles. The van der Waals surface area contributed by atoms with Gasteiger partial charge in [-0.05, 0) is 43.5 Å². The lowest BCUT2D eigenvalue weighted by Gasteiger charge is -2.36. The molecule has 5 rings (SSSR count). The molecule has 0 radical (unpaired) electrons. The highest BCUT2D eigenvalue weighted by molar-refractivity contribution is 5.95. The first-order chi connectivity index (χ1) is 20.0. The Hall–Kier alpha value is -3.64. The van der Waals surface area contributed by atoms with E-state index in [0.29, 0.717) is 57.6 Å². The van der Waals surface area contributed by atoms with Gasteiger partial charge in [-0.3, -0.25) is 0 Å². The van der Waals surface area contributed by atoms with Crippen LogP contribution in [-0.2, 0) is 13.1 Å². The minimum atomic E-state index is -0.323. The van der Waals surface area contributed by atoms with Gasteiger partial charge in [0.1, 0.15) is 11.6 Å². The van der Waals surface area contributed by atoms with E-state index in [4.69, 9.17) is 5.73 Å². The number of benzene rings is 1. The second-order valence-corrected chi connectivity index (χ2v) is 11.1. The molecule has 3 heterocycles. The lowest BCUT2D eigenvalue weighted by molar-refractivity contribution is 0.161. The number of rotatable bonds is 11. The van der Waals surface area contributed by atoms with E-state index >= 15 is 0 Å². The third-order valence-corrected chi connectivity index (χ3v) is 8.07. The average molecular weight is 565 g/mol. The van der Waals surface area contributed by atoms with E-state index in [9.17, 15) is 9.59 Å². The van der Waals surface area contributed by atoms with Crippen molar-refractivity contribution in [3.63, 3.8) is 0 Å². The largest absolute Gasteiger partial charge is 0.383 e. The first kappa shape index (κ1) is 28.9. The SMILES string of the molecule is Nc1cc(N2CCN(C(=O)N3CCNC3=O)CC2)nc(NCc2ccc(CNCCCNC3CCCCC3)cc2)n1. The minimum absolute atomic E-state index is 0.242. The summed E-state index contributed by atoms with van der Waals surface area (Å²) in [5.74, 6) is 1.58. The molecule has 12 nitrogen and oxygen atoms in total. The third-order valence-electron chi connectivity index (χ3n) is 8.07. The standard InChI is InChI=1S/C29H44N10O2/c30-25-19-26(37-15-17-38(18-16-37)29(41)39-14-13-33-28(39)40)36-27(35-25)34-21-23-9-7-22(8-10-23)20-31-11-4-12-32-24-5-2-1-3-6-24/h7-10,19,24,31-32H,1-6,11-18,20-21H2,(H,33,40)(H3,30,34,35,36). The van der Waals surface area contributed by atoms with E-state index in [-0.39, 0.29) is 12.1 Å². The summed E-state index contributed by atoms with van der Waals surface area (Å²) < 4.78 is 0. The van der Waals surface area contributed by atoms with Gasteiger partial charge in [0.25, 0.3) is 0 Å². The van der Waals surface area contributed by atoms with Crippen LogP contribution in [0.4, 0.5) is 27.2 Å². The maximum Gasteiger partial charge on any atom is 0.328 e. The Morgan fingerprint density at radius 2 is 1.68 bits per heavy atom. The Balaban J connectivity index is 1.03. The number of hydrogen-bond acceptors (Lipinski definition) is 9. The van der Waals surface area contributed by atoms with E-state index < -0.39 is 0 Å². The second-order valence-electron chi connectivity index (χ2n) is 11.1. The third kappa shape index (κ3) is 8.20. The quantitative estimate of drug-likeness (QED) is 0.260. The molecule has 0 bridgehead atoms. The van der Waals surface area contributed by atoms with Crippen molar-refractivity contribution in [2.24, 2.45) is 0 Å². The number of urea groups is 2. The smallest absolute Gasteiger partial charge is 0.328 e. The molecule has 3 fully saturated rings. The van der Waals surface area contributed by atoms with Crippen LogP contribution in [0.3, 0.4) is 0 Å². The molecule has 1 aromatic heterocycles. The van der Waals surface area contributed by atoms with Gasteiger partial charge in [-0.25, -0.2) is 14.5 Å². The summed E-state index contributed by atoms with van der Waals surface area (Å²) in [6, 6.07) is 10.5. The number of piperazine rings is 1. The number of carbonyl (C=O) groups excluding carboxylic acids is 2. The molecule has 12 heteroatoms. The van der Waals surface area contributed by atoms with E-state index in [1.165, 1.54) is 42.6 Å². The van der Waals surface area contributed by atoms with Crippen LogP contribution in [-0.4, -0.2) is 90.2 Å². The molecule has 2 aliphatic heterocycles. The van der Waals surface area contributed by atoms with Gasteiger partial charge in [0, 0.05) is 64.5 Å². The summed E-state index contributed by atoms with van der Waals surface area (Å²) in [5, 5.41) is 13.2. The topological polar surface area (TPSA) is 144 Å². The molecule has 1 saturated carbocycles. The molecule has 3 aliphatic rings. The van der Waals surface area contributed by atoms with Crippen LogP contribution in [0.15, 0.2) is 30.3 Å². The summed E-state index contributed by atoms with van der Waals surface area (Å²) in [4.78, 5) is 38.6. The Bertz CT molecular complexity index is 1150. The van der Waals surface area contributed by atoms with Crippen LogP contribution in [0.2, 0.25) is 0 Å². The highest BCUT2D eigenvalue weighted by atomic mass is 16.2. The zero-order valence-corrected chi connectivity index (χ0v) is 23.9. The predicted molar refractivity (Wildman–Crippen MR) is 161 cm³/mol. The molecule has 222 valence electrons. The van der Waals surface area contributed by atoms with Crippen LogP contribution in [0.25, 0.3) is 0 Å². The van der Waals surface area contributed by atoms with Crippen molar-refractivity contribution in [1.82, 2.24) is 35.7 Å². The van der Waals surface area contributed by atoms with Gasteiger partial charge in [0.2, 0.25) is 5.95 Å². The number of hydrogen-bond donors (Lipinski definition) is 5. The van der Waals surface area contributed by atoms with Crippen molar-refractivity contribution in [3.8, 4) is 0 Å². The number of anilines is 3. The van der Waals surface area contributed by atoms with Crippen molar-refractivity contribution in [2.75, 3.05) is 68.3 Å².